The molecule has 100 valence electrons. The van der Waals surface area contributed by atoms with Gasteiger partial charge in [0.25, 0.3) is 0 Å². The summed E-state index contributed by atoms with van der Waals surface area (Å²) in [6.45, 7) is 3.65. The zero-order valence-corrected chi connectivity index (χ0v) is 12.1. The van der Waals surface area contributed by atoms with Gasteiger partial charge in [-0.25, -0.2) is 0 Å². The Labute approximate surface area is 115 Å². The predicted molar refractivity (Wildman–Crippen MR) is 79.6 cm³/mol. The summed E-state index contributed by atoms with van der Waals surface area (Å²) in [6.07, 6.45) is 4.92. The van der Waals surface area contributed by atoms with Gasteiger partial charge in [-0.1, -0.05) is 19.1 Å². The minimum absolute atomic E-state index is 0.705. The van der Waals surface area contributed by atoms with E-state index in [4.69, 9.17) is 0 Å². The van der Waals surface area contributed by atoms with Crippen molar-refractivity contribution < 1.29 is 0 Å². The second-order valence-electron chi connectivity index (χ2n) is 6.67. The van der Waals surface area contributed by atoms with Crippen LogP contribution < -0.4 is 0 Å². The van der Waals surface area contributed by atoms with Crippen LogP contribution in [-0.2, 0) is 13.5 Å². The van der Waals surface area contributed by atoms with E-state index >= 15 is 0 Å². The topological polar surface area (TPSA) is 8.17 Å². The Kier molecular flexibility index (Phi) is 2.34. The molecule has 1 aliphatic heterocycles. The van der Waals surface area contributed by atoms with Crippen molar-refractivity contribution >= 4 is 10.9 Å². The molecule has 0 N–H and O–H groups in total. The van der Waals surface area contributed by atoms with Gasteiger partial charge in [0.1, 0.15) is 0 Å². The van der Waals surface area contributed by atoms with Crippen LogP contribution in [0.15, 0.2) is 24.4 Å². The summed E-state index contributed by atoms with van der Waals surface area (Å²) < 4.78 is 2.30. The van der Waals surface area contributed by atoms with E-state index in [2.05, 4.69) is 54.9 Å². The zero-order valence-electron chi connectivity index (χ0n) is 12.1. The van der Waals surface area contributed by atoms with Crippen LogP contribution in [-0.4, -0.2) is 29.1 Å². The number of rotatable bonds is 0. The SMILES string of the molecule is CC1C[C@@H]2c3cccc4c3c(cn4C)C[C@H]2N(C)C1. The standard InChI is InChI=1S/C17H22N2/c1-11-7-14-13-5-4-6-15-17(13)12(10-19(15)3)8-16(14)18(2)9-11/h4-6,10-11,14,16H,7-9H2,1-3H3/t11?,14-,16-/m1/s1. The number of aromatic nitrogens is 1. The Hall–Kier alpha value is -1.28. The lowest BCUT2D eigenvalue weighted by Gasteiger charge is -2.44. The predicted octanol–water partition coefficient (Wildman–Crippen LogP) is 3.16. The molecule has 0 amide bonds. The van der Waals surface area contributed by atoms with E-state index in [0.717, 1.165) is 11.8 Å². The second-order valence-corrected chi connectivity index (χ2v) is 6.67. The number of hydrogen-bond donors (Lipinski definition) is 0. The fraction of sp³-hybridized carbons (Fsp3) is 0.529. The highest BCUT2D eigenvalue weighted by Crippen LogP contribution is 2.44. The number of fused-ring (bicyclic) bond motifs is 2. The van der Waals surface area contributed by atoms with Crippen molar-refractivity contribution in [3.8, 4) is 0 Å². The molecule has 2 aromatic rings. The van der Waals surface area contributed by atoms with Gasteiger partial charge in [-0.3, -0.25) is 0 Å². The number of benzene rings is 1. The van der Waals surface area contributed by atoms with Crippen LogP contribution >= 0.6 is 0 Å². The largest absolute Gasteiger partial charge is 0.350 e. The molecule has 1 unspecified atom stereocenters. The monoisotopic (exact) mass is 254 g/mol. The fourth-order valence-electron chi connectivity index (χ4n) is 4.49. The van der Waals surface area contributed by atoms with Gasteiger partial charge in [0, 0.05) is 42.7 Å². The molecule has 2 nitrogen and oxygen atoms in total. The van der Waals surface area contributed by atoms with Crippen LogP contribution in [0.2, 0.25) is 0 Å². The van der Waals surface area contributed by atoms with Gasteiger partial charge in [-0.2, -0.15) is 0 Å². The van der Waals surface area contributed by atoms with E-state index in [1.54, 1.807) is 16.5 Å². The van der Waals surface area contributed by atoms with Crippen LogP contribution in [0, 0.1) is 5.92 Å². The Morgan fingerprint density at radius 1 is 1.21 bits per heavy atom. The van der Waals surface area contributed by atoms with Crippen molar-refractivity contribution in [2.24, 2.45) is 13.0 Å². The Balaban J connectivity index is 1.94. The third-order valence-electron chi connectivity index (χ3n) is 5.24. The fourth-order valence-corrected chi connectivity index (χ4v) is 4.49. The molecule has 0 spiro atoms. The summed E-state index contributed by atoms with van der Waals surface area (Å²) in [5.41, 5.74) is 4.56. The van der Waals surface area contributed by atoms with Gasteiger partial charge in [-0.15, -0.1) is 0 Å². The molecule has 0 bridgehead atoms. The first kappa shape index (κ1) is 11.5. The molecule has 1 saturated heterocycles. The molecule has 19 heavy (non-hydrogen) atoms. The highest BCUT2D eigenvalue weighted by atomic mass is 15.1. The number of piperidine rings is 1. The molecule has 1 aromatic heterocycles. The van der Waals surface area contributed by atoms with E-state index in [0.29, 0.717) is 6.04 Å². The van der Waals surface area contributed by atoms with Gasteiger partial charge in [0.2, 0.25) is 0 Å². The zero-order chi connectivity index (χ0) is 13.1. The van der Waals surface area contributed by atoms with Crippen molar-refractivity contribution in [1.82, 2.24) is 9.47 Å². The third kappa shape index (κ3) is 1.53. The smallest absolute Gasteiger partial charge is 0.0483 e. The summed E-state index contributed by atoms with van der Waals surface area (Å²) in [4.78, 5) is 2.59. The number of likely N-dealkylation sites (N-methyl/N-ethyl adjacent to an activating group) is 1. The van der Waals surface area contributed by atoms with Crippen LogP contribution in [0.5, 0.6) is 0 Å². The van der Waals surface area contributed by atoms with Gasteiger partial charge < -0.3 is 9.47 Å². The first-order chi connectivity index (χ1) is 9.15. The molecule has 2 heterocycles. The molecular weight excluding hydrogens is 232 g/mol. The molecule has 1 fully saturated rings. The molecule has 2 heteroatoms. The number of nitrogens with zero attached hydrogens (tertiary/aromatic N) is 2. The minimum Gasteiger partial charge on any atom is -0.350 e. The molecular formula is C17H22N2. The Morgan fingerprint density at radius 3 is 2.89 bits per heavy atom. The van der Waals surface area contributed by atoms with E-state index in [9.17, 15) is 0 Å². The van der Waals surface area contributed by atoms with Crippen molar-refractivity contribution in [3.63, 3.8) is 0 Å². The highest BCUT2D eigenvalue weighted by Gasteiger charge is 2.38. The maximum atomic E-state index is 2.59. The lowest BCUT2D eigenvalue weighted by molar-refractivity contribution is 0.119. The number of aryl methyl sites for hydroxylation is 1. The quantitative estimate of drug-likeness (QED) is 0.701. The van der Waals surface area contributed by atoms with Crippen molar-refractivity contribution in [2.75, 3.05) is 13.6 Å². The molecule has 2 aliphatic rings. The van der Waals surface area contributed by atoms with E-state index in [-0.39, 0.29) is 0 Å². The van der Waals surface area contributed by atoms with Crippen molar-refractivity contribution in [1.29, 1.82) is 0 Å². The maximum Gasteiger partial charge on any atom is 0.0483 e. The van der Waals surface area contributed by atoms with Crippen LogP contribution in [0.25, 0.3) is 10.9 Å². The lowest BCUT2D eigenvalue weighted by Crippen LogP contribution is -2.47. The van der Waals surface area contributed by atoms with Gasteiger partial charge in [-0.05, 0) is 43.0 Å². The average Bonchev–Trinajstić information content (AvgIpc) is 2.70. The number of likely N-dealkylation sites (tertiary alicyclic amines) is 1. The summed E-state index contributed by atoms with van der Waals surface area (Å²) in [6, 6.07) is 7.58. The van der Waals surface area contributed by atoms with Crippen LogP contribution in [0.1, 0.15) is 30.4 Å². The van der Waals surface area contributed by atoms with E-state index in [1.165, 1.54) is 24.9 Å². The van der Waals surface area contributed by atoms with E-state index < -0.39 is 0 Å². The Bertz CT molecular complexity index is 640. The summed E-state index contributed by atoms with van der Waals surface area (Å²) in [7, 11) is 4.48. The number of hydrogen-bond acceptors (Lipinski definition) is 1. The average molecular weight is 254 g/mol. The molecule has 3 atom stereocenters. The maximum absolute atomic E-state index is 2.59. The van der Waals surface area contributed by atoms with Gasteiger partial charge in [0.15, 0.2) is 0 Å². The van der Waals surface area contributed by atoms with E-state index in [1.807, 2.05) is 0 Å². The first-order valence-electron chi connectivity index (χ1n) is 7.42. The molecule has 1 aromatic carbocycles. The Morgan fingerprint density at radius 2 is 2.05 bits per heavy atom. The molecule has 0 saturated carbocycles. The summed E-state index contributed by atoms with van der Waals surface area (Å²) >= 11 is 0. The molecule has 0 radical (unpaired) electrons. The van der Waals surface area contributed by atoms with Crippen molar-refractivity contribution in [2.45, 2.75) is 31.7 Å². The van der Waals surface area contributed by atoms with Gasteiger partial charge >= 0.3 is 0 Å². The second kappa shape index (κ2) is 3.86. The molecule has 1 aliphatic carbocycles. The third-order valence-corrected chi connectivity index (χ3v) is 5.24. The highest BCUT2D eigenvalue weighted by molar-refractivity contribution is 5.89. The van der Waals surface area contributed by atoms with Crippen molar-refractivity contribution in [3.05, 3.63) is 35.5 Å². The van der Waals surface area contributed by atoms with Crippen LogP contribution in [0.4, 0.5) is 0 Å². The minimum atomic E-state index is 0.705. The molecule has 4 rings (SSSR count). The first-order valence-corrected chi connectivity index (χ1v) is 7.42. The lowest BCUT2D eigenvalue weighted by atomic mass is 9.73. The van der Waals surface area contributed by atoms with Crippen LogP contribution in [0.3, 0.4) is 0 Å². The summed E-state index contributed by atoms with van der Waals surface area (Å²) in [5.74, 6) is 1.54. The van der Waals surface area contributed by atoms with Gasteiger partial charge in [0.05, 0.1) is 0 Å². The normalized spacial score (nSPS) is 30.6. The summed E-state index contributed by atoms with van der Waals surface area (Å²) in [5, 5.41) is 1.55.